The molecule has 0 spiro atoms. The topological polar surface area (TPSA) is 96.9 Å². The van der Waals surface area contributed by atoms with Crippen molar-refractivity contribution < 1.29 is 14.0 Å². The van der Waals surface area contributed by atoms with E-state index in [0.717, 1.165) is 12.8 Å². The van der Waals surface area contributed by atoms with Gasteiger partial charge in [0.25, 0.3) is 0 Å². The molecule has 29 heavy (non-hydrogen) atoms. The van der Waals surface area contributed by atoms with Crippen LogP contribution in [-0.4, -0.2) is 39.4 Å². The second-order valence-electron chi connectivity index (χ2n) is 7.13. The Morgan fingerprint density at radius 2 is 2.00 bits per heavy atom. The molecule has 2 N–H and O–H groups in total. The maximum Gasteiger partial charge on any atom is 0.239 e. The van der Waals surface area contributed by atoms with Gasteiger partial charge in [0.15, 0.2) is 5.82 Å². The fourth-order valence-corrected chi connectivity index (χ4v) is 3.87. The maximum absolute atomic E-state index is 15.0. The van der Waals surface area contributed by atoms with Gasteiger partial charge in [0.1, 0.15) is 16.3 Å². The summed E-state index contributed by atoms with van der Waals surface area (Å²) in [5.74, 6) is -0.965. The van der Waals surface area contributed by atoms with Gasteiger partial charge in [-0.15, -0.1) is 11.3 Å². The molecule has 9 heteroatoms. The predicted molar refractivity (Wildman–Crippen MR) is 108 cm³/mol. The molecular weight excluding hydrogens is 393 g/mol. The summed E-state index contributed by atoms with van der Waals surface area (Å²) in [5.41, 5.74) is 1.15. The molecule has 1 fully saturated rings. The van der Waals surface area contributed by atoms with E-state index in [0.29, 0.717) is 26.7 Å². The van der Waals surface area contributed by atoms with E-state index < -0.39 is 11.7 Å². The van der Waals surface area contributed by atoms with Gasteiger partial charge in [0.2, 0.25) is 11.8 Å². The standard InChI is InChI=1S/C20H20FN5O2S/c1-10(19(28)24-9-16(27)25-13-3-4-13)20-26-18-15(29-20)6-5-14(17(18)21)12-7-22-11(2)23-8-12/h5-8,10,13H,3-4,9H2,1-2H3,(H,24,28)(H,25,27). The van der Waals surface area contributed by atoms with Crippen LogP contribution in [0.25, 0.3) is 21.3 Å². The number of nitrogens with zero attached hydrogens (tertiary/aromatic N) is 3. The predicted octanol–water partition coefficient (Wildman–Crippen LogP) is 2.70. The summed E-state index contributed by atoms with van der Waals surface area (Å²) in [5, 5.41) is 5.93. The second kappa shape index (κ2) is 7.82. The SMILES string of the molecule is Cc1ncc(-c2ccc3sc(C(C)C(=O)NCC(=O)NC4CC4)nc3c2F)cn1. The summed E-state index contributed by atoms with van der Waals surface area (Å²) in [6.45, 7) is 3.38. The number of fused-ring (bicyclic) bond motifs is 1. The number of thiazole rings is 1. The van der Waals surface area contributed by atoms with Gasteiger partial charge in [-0.2, -0.15) is 0 Å². The minimum Gasteiger partial charge on any atom is -0.352 e. The van der Waals surface area contributed by atoms with Crippen molar-refractivity contribution in [3.05, 3.63) is 41.2 Å². The van der Waals surface area contributed by atoms with Crippen LogP contribution >= 0.6 is 11.3 Å². The molecule has 4 rings (SSSR count). The van der Waals surface area contributed by atoms with Crippen LogP contribution < -0.4 is 10.6 Å². The molecule has 0 radical (unpaired) electrons. The van der Waals surface area contributed by atoms with Gasteiger partial charge in [-0.05, 0) is 38.8 Å². The minimum atomic E-state index is -0.591. The highest BCUT2D eigenvalue weighted by Crippen LogP contribution is 2.33. The van der Waals surface area contributed by atoms with Crippen LogP contribution in [0.5, 0.6) is 0 Å². The maximum atomic E-state index is 15.0. The molecule has 2 heterocycles. The molecule has 3 aromatic rings. The van der Waals surface area contributed by atoms with Crippen LogP contribution in [0.15, 0.2) is 24.5 Å². The summed E-state index contributed by atoms with van der Waals surface area (Å²) in [6.07, 6.45) is 5.12. The highest BCUT2D eigenvalue weighted by Gasteiger charge is 2.25. The number of hydrogen-bond acceptors (Lipinski definition) is 6. The zero-order valence-electron chi connectivity index (χ0n) is 16.0. The number of hydrogen-bond donors (Lipinski definition) is 2. The van der Waals surface area contributed by atoms with Crippen molar-refractivity contribution in [1.29, 1.82) is 0 Å². The van der Waals surface area contributed by atoms with Gasteiger partial charge in [-0.3, -0.25) is 9.59 Å². The summed E-state index contributed by atoms with van der Waals surface area (Å²) in [7, 11) is 0. The number of aromatic nitrogens is 3. The Bertz CT molecular complexity index is 1080. The average molecular weight is 413 g/mol. The van der Waals surface area contributed by atoms with E-state index in [9.17, 15) is 9.59 Å². The molecule has 0 saturated heterocycles. The third-order valence-corrected chi connectivity index (χ3v) is 5.94. The summed E-state index contributed by atoms with van der Waals surface area (Å²) < 4.78 is 15.7. The first-order chi connectivity index (χ1) is 13.9. The van der Waals surface area contributed by atoms with Crippen LogP contribution in [0.4, 0.5) is 4.39 Å². The second-order valence-corrected chi connectivity index (χ2v) is 8.19. The number of benzene rings is 1. The van der Waals surface area contributed by atoms with Crippen molar-refractivity contribution in [2.45, 2.75) is 38.6 Å². The van der Waals surface area contributed by atoms with Crippen LogP contribution in [0.3, 0.4) is 0 Å². The van der Waals surface area contributed by atoms with Gasteiger partial charge in [-0.25, -0.2) is 19.3 Å². The van der Waals surface area contributed by atoms with Gasteiger partial charge < -0.3 is 10.6 Å². The number of nitrogens with one attached hydrogen (secondary N) is 2. The molecule has 2 amide bonds. The summed E-state index contributed by atoms with van der Waals surface area (Å²) in [6, 6.07) is 3.69. The first-order valence-electron chi connectivity index (χ1n) is 9.37. The van der Waals surface area contributed by atoms with E-state index in [1.54, 1.807) is 38.4 Å². The van der Waals surface area contributed by atoms with Crippen molar-refractivity contribution >= 4 is 33.4 Å². The van der Waals surface area contributed by atoms with Crippen molar-refractivity contribution in [3.8, 4) is 11.1 Å². The molecule has 0 aliphatic heterocycles. The Hall–Kier alpha value is -2.94. The zero-order valence-corrected chi connectivity index (χ0v) is 16.8. The normalized spacial score (nSPS) is 14.6. The van der Waals surface area contributed by atoms with Gasteiger partial charge >= 0.3 is 0 Å². The lowest BCUT2D eigenvalue weighted by molar-refractivity contribution is -0.126. The number of carbonyl (C=O) groups excluding carboxylic acids is 2. The molecule has 1 aromatic carbocycles. The minimum absolute atomic E-state index is 0.0729. The van der Waals surface area contributed by atoms with Gasteiger partial charge in [-0.1, -0.05) is 0 Å². The number of aryl methyl sites for hydroxylation is 1. The lowest BCUT2D eigenvalue weighted by Gasteiger charge is -2.09. The Kier molecular flexibility index (Phi) is 5.23. The molecule has 1 aliphatic carbocycles. The van der Waals surface area contributed by atoms with Crippen molar-refractivity contribution in [2.24, 2.45) is 0 Å². The number of halogens is 1. The highest BCUT2D eigenvalue weighted by molar-refractivity contribution is 7.18. The van der Waals surface area contributed by atoms with E-state index in [-0.39, 0.29) is 29.9 Å². The van der Waals surface area contributed by atoms with Crippen molar-refractivity contribution in [2.75, 3.05) is 6.54 Å². The van der Waals surface area contributed by atoms with Gasteiger partial charge in [0.05, 0.1) is 17.2 Å². The molecule has 7 nitrogen and oxygen atoms in total. The van der Waals surface area contributed by atoms with Crippen LogP contribution in [0.2, 0.25) is 0 Å². The fourth-order valence-electron chi connectivity index (χ4n) is 2.86. The third kappa shape index (κ3) is 4.24. The Morgan fingerprint density at radius 1 is 1.28 bits per heavy atom. The monoisotopic (exact) mass is 413 g/mol. The van der Waals surface area contributed by atoms with Crippen LogP contribution in [0.1, 0.15) is 36.5 Å². The molecule has 1 saturated carbocycles. The van der Waals surface area contributed by atoms with Crippen molar-refractivity contribution in [1.82, 2.24) is 25.6 Å². The van der Waals surface area contributed by atoms with Gasteiger partial charge in [0, 0.05) is 29.6 Å². The molecule has 2 aromatic heterocycles. The summed E-state index contributed by atoms with van der Waals surface area (Å²) in [4.78, 5) is 36.7. The lowest BCUT2D eigenvalue weighted by atomic mass is 10.1. The Morgan fingerprint density at radius 3 is 2.69 bits per heavy atom. The lowest BCUT2D eigenvalue weighted by Crippen LogP contribution is -2.39. The molecule has 150 valence electrons. The third-order valence-electron chi connectivity index (χ3n) is 4.74. The number of carbonyl (C=O) groups is 2. The van der Waals surface area contributed by atoms with Crippen LogP contribution in [-0.2, 0) is 9.59 Å². The quantitative estimate of drug-likeness (QED) is 0.648. The molecule has 1 atom stereocenters. The average Bonchev–Trinajstić information content (AvgIpc) is 3.41. The molecular formula is C20H20FN5O2S. The van der Waals surface area contributed by atoms with Crippen LogP contribution in [0, 0.1) is 12.7 Å². The highest BCUT2D eigenvalue weighted by atomic mass is 32.1. The van der Waals surface area contributed by atoms with E-state index in [4.69, 9.17) is 0 Å². The Labute approximate surface area is 170 Å². The van der Waals surface area contributed by atoms with E-state index in [1.165, 1.54) is 11.3 Å². The Balaban J connectivity index is 1.51. The summed E-state index contributed by atoms with van der Waals surface area (Å²) >= 11 is 1.27. The molecule has 0 bridgehead atoms. The molecule has 1 aliphatic rings. The smallest absolute Gasteiger partial charge is 0.239 e. The van der Waals surface area contributed by atoms with E-state index >= 15 is 4.39 Å². The zero-order chi connectivity index (χ0) is 20.5. The molecule has 1 unspecified atom stereocenters. The number of amides is 2. The largest absolute Gasteiger partial charge is 0.352 e. The van der Waals surface area contributed by atoms with E-state index in [1.807, 2.05) is 0 Å². The first kappa shape index (κ1) is 19.4. The van der Waals surface area contributed by atoms with E-state index in [2.05, 4.69) is 25.6 Å². The van der Waals surface area contributed by atoms with Crippen molar-refractivity contribution in [3.63, 3.8) is 0 Å². The fraction of sp³-hybridized carbons (Fsp3) is 0.350. The first-order valence-corrected chi connectivity index (χ1v) is 10.2. The number of rotatable bonds is 6.